The second kappa shape index (κ2) is 5.26. The number of hydrogen-bond acceptors (Lipinski definition) is 3. The molecule has 3 aromatic rings. The van der Waals surface area contributed by atoms with Crippen LogP contribution in [0.2, 0.25) is 0 Å². The summed E-state index contributed by atoms with van der Waals surface area (Å²) in [5.74, 6) is 0.806. The van der Waals surface area contributed by atoms with Crippen LogP contribution in [0.1, 0.15) is 22.9 Å². The highest BCUT2D eigenvalue weighted by molar-refractivity contribution is 5.80. The molecule has 1 heterocycles. The molecule has 0 bridgehead atoms. The highest BCUT2D eigenvalue weighted by Gasteiger charge is 2.31. The third-order valence-corrected chi connectivity index (χ3v) is 4.40. The standard InChI is InChI=1S/C20H15N3/c1-23(19-12-6-7-14(13-21)22-19)20-17-10-4-2-8-15(17)16-9-3-5-11-18(16)20/h2-12,20H,1H3. The molecule has 1 aliphatic carbocycles. The summed E-state index contributed by atoms with van der Waals surface area (Å²) in [5.41, 5.74) is 5.54. The van der Waals surface area contributed by atoms with Crippen molar-refractivity contribution in [2.75, 3.05) is 11.9 Å². The van der Waals surface area contributed by atoms with Crippen LogP contribution < -0.4 is 4.90 Å². The average Bonchev–Trinajstić information content (AvgIpc) is 2.96. The summed E-state index contributed by atoms with van der Waals surface area (Å²) < 4.78 is 0. The first-order chi connectivity index (χ1) is 11.3. The van der Waals surface area contributed by atoms with Gasteiger partial charge in [0.05, 0.1) is 6.04 Å². The lowest BCUT2D eigenvalue weighted by Crippen LogP contribution is -2.24. The molecule has 2 aromatic carbocycles. The number of fused-ring (bicyclic) bond motifs is 3. The van der Waals surface area contributed by atoms with Crippen LogP contribution in [0.5, 0.6) is 0 Å². The second-order valence-electron chi connectivity index (χ2n) is 5.68. The Morgan fingerprint density at radius 1 is 0.870 bits per heavy atom. The quantitative estimate of drug-likeness (QED) is 0.713. The predicted octanol–water partition coefficient (Wildman–Crippen LogP) is 4.16. The molecule has 110 valence electrons. The van der Waals surface area contributed by atoms with E-state index in [-0.39, 0.29) is 6.04 Å². The third-order valence-electron chi connectivity index (χ3n) is 4.40. The van der Waals surface area contributed by atoms with Crippen molar-refractivity contribution in [2.24, 2.45) is 0 Å². The van der Waals surface area contributed by atoms with E-state index in [4.69, 9.17) is 5.26 Å². The van der Waals surface area contributed by atoms with Crippen molar-refractivity contribution in [3.8, 4) is 17.2 Å². The van der Waals surface area contributed by atoms with Gasteiger partial charge in [0, 0.05) is 7.05 Å². The Balaban J connectivity index is 1.86. The van der Waals surface area contributed by atoms with Crippen molar-refractivity contribution < 1.29 is 0 Å². The Morgan fingerprint density at radius 2 is 1.48 bits per heavy atom. The molecule has 0 saturated carbocycles. The fraction of sp³-hybridized carbons (Fsp3) is 0.100. The zero-order chi connectivity index (χ0) is 15.8. The van der Waals surface area contributed by atoms with Gasteiger partial charge in [-0.1, -0.05) is 54.6 Å². The van der Waals surface area contributed by atoms with Gasteiger partial charge in [-0.05, 0) is 34.4 Å². The van der Waals surface area contributed by atoms with Gasteiger partial charge >= 0.3 is 0 Å². The van der Waals surface area contributed by atoms with Crippen LogP contribution in [0, 0.1) is 11.3 Å². The molecule has 0 radical (unpaired) electrons. The predicted molar refractivity (Wildman–Crippen MR) is 91.1 cm³/mol. The Kier molecular flexibility index (Phi) is 3.09. The fourth-order valence-electron chi connectivity index (χ4n) is 3.36. The van der Waals surface area contributed by atoms with Gasteiger partial charge < -0.3 is 4.90 Å². The Labute approximate surface area is 135 Å². The number of pyridine rings is 1. The van der Waals surface area contributed by atoms with E-state index in [2.05, 4.69) is 64.5 Å². The molecule has 3 heteroatoms. The number of rotatable bonds is 2. The lowest BCUT2D eigenvalue weighted by molar-refractivity contribution is 0.787. The molecule has 1 aliphatic rings. The molecule has 3 nitrogen and oxygen atoms in total. The summed E-state index contributed by atoms with van der Waals surface area (Å²) in [7, 11) is 2.03. The van der Waals surface area contributed by atoms with E-state index >= 15 is 0 Å². The number of nitriles is 1. The zero-order valence-corrected chi connectivity index (χ0v) is 12.8. The van der Waals surface area contributed by atoms with Gasteiger partial charge in [0.15, 0.2) is 0 Å². The lowest BCUT2D eigenvalue weighted by atomic mass is 10.0. The zero-order valence-electron chi connectivity index (χ0n) is 12.8. The summed E-state index contributed by atoms with van der Waals surface area (Å²) in [6.07, 6.45) is 0. The maximum atomic E-state index is 9.09. The van der Waals surface area contributed by atoms with E-state index in [1.165, 1.54) is 22.3 Å². The molecule has 0 aliphatic heterocycles. The topological polar surface area (TPSA) is 39.9 Å². The Bertz CT molecular complexity index is 878. The molecule has 23 heavy (non-hydrogen) atoms. The van der Waals surface area contributed by atoms with Crippen LogP contribution >= 0.6 is 0 Å². The summed E-state index contributed by atoms with van der Waals surface area (Å²) in [5, 5.41) is 9.09. The van der Waals surface area contributed by atoms with Crippen molar-refractivity contribution in [2.45, 2.75) is 6.04 Å². The highest BCUT2D eigenvalue weighted by atomic mass is 15.2. The summed E-state index contributed by atoms with van der Waals surface area (Å²) in [4.78, 5) is 6.59. The first-order valence-corrected chi connectivity index (χ1v) is 7.58. The van der Waals surface area contributed by atoms with E-state index in [1.54, 1.807) is 6.07 Å². The normalized spacial score (nSPS) is 12.3. The van der Waals surface area contributed by atoms with Gasteiger partial charge in [-0.25, -0.2) is 4.98 Å². The first kappa shape index (κ1) is 13.5. The Morgan fingerprint density at radius 3 is 2.09 bits per heavy atom. The minimum atomic E-state index is 0.115. The van der Waals surface area contributed by atoms with E-state index < -0.39 is 0 Å². The van der Waals surface area contributed by atoms with Gasteiger partial charge in [-0.3, -0.25) is 0 Å². The molecule has 0 fully saturated rings. The summed E-state index contributed by atoms with van der Waals surface area (Å²) in [6, 6.07) is 24.8. The maximum absolute atomic E-state index is 9.09. The van der Waals surface area contributed by atoms with Crippen LogP contribution in [0.4, 0.5) is 5.82 Å². The number of nitrogens with zero attached hydrogens (tertiary/aromatic N) is 3. The van der Waals surface area contributed by atoms with E-state index in [1.807, 2.05) is 19.2 Å². The molecule has 0 amide bonds. The number of anilines is 1. The van der Waals surface area contributed by atoms with Crippen LogP contribution in [0.15, 0.2) is 66.7 Å². The largest absolute Gasteiger partial charge is 0.348 e. The first-order valence-electron chi connectivity index (χ1n) is 7.58. The molecule has 4 rings (SSSR count). The third kappa shape index (κ3) is 2.08. The molecule has 0 atom stereocenters. The molecule has 0 spiro atoms. The van der Waals surface area contributed by atoms with Crippen LogP contribution in [-0.4, -0.2) is 12.0 Å². The minimum Gasteiger partial charge on any atom is -0.348 e. The van der Waals surface area contributed by atoms with Gasteiger partial charge in [0.25, 0.3) is 0 Å². The molecule has 0 unspecified atom stereocenters. The second-order valence-corrected chi connectivity index (χ2v) is 5.68. The van der Waals surface area contributed by atoms with Gasteiger partial charge in [-0.2, -0.15) is 5.26 Å². The SMILES string of the molecule is CN(c1cccc(C#N)n1)C1c2ccccc2-c2ccccc21. The number of hydrogen-bond donors (Lipinski definition) is 0. The van der Waals surface area contributed by atoms with Crippen molar-refractivity contribution in [3.63, 3.8) is 0 Å². The average molecular weight is 297 g/mol. The van der Waals surface area contributed by atoms with Crippen molar-refractivity contribution in [1.29, 1.82) is 5.26 Å². The maximum Gasteiger partial charge on any atom is 0.142 e. The molecule has 0 saturated heterocycles. The number of aromatic nitrogens is 1. The molecule has 1 aromatic heterocycles. The van der Waals surface area contributed by atoms with E-state index in [9.17, 15) is 0 Å². The fourth-order valence-corrected chi connectivity index (χ4v) is 3.36. The summed E-state index contributed by atoms with van der Waals surface area (Å²) in [6.45, 7) is 0. The number of benzene rings is 2. The molecular weight excluding hydrogens is 282 g/mol. The van der Waals surface area contributed by atoms with Gasteiger partial charge in [-0.15, -0.1) is 0 Å². The Hall–Kier alpha value is -3.12. The minimum absolute atomic E-state index is 0.115. The van der Waals surface area contributed by atoms with Gasteiger partial charge in [0.1, 0.15) is 17.6 Å². The van der Waals surface area contributed by atoms with Crippen molar-refractivity contribution in [1.82, 2.24) is 4.98 Å². The van der Waals surface area contributed by atoms with Crippen LogP contribution in [0.3, 0.4) is 0 Å². The molecular formula is C20H15N3. The lowest BCUT2D eigenvalue weighted by Gasteiger charge is -2.27. The van der Waals surface area contributed by atoms with Crippen LogP contribution in [-0.2, 0) is 0 Å². The van der Waals surface area contributed by atoms with E-state index in [0.717, 1.165) is 5.82 Å². The van der Waals surface area contributed by atoms with E-state index in [0.29, 0.717) is 5.69 Å². The van der Waals surface area contributed by atoms with Gasteiger partial charge in [0.2, 0.25) is 0 Å². The van der Waals surface area contributed by atoms with Crippen molar-refractivity contribution in [3.05, 3.63) is 83.6 Å². The molecule has 0 N–H and O–H groups in total. The summed E-state index contributed by atoms with van der Waals surface area (Å²) >= 11 is 0. The van der Waals surface area contributed by atoms with Crippen molar-refractivity contribution >= 4 is 5.82 Å². The highest BCUT2D eigenvalue weighted by Crippen LogP contribution is 2.46. The monoisotopic (exact) mass is 297 g/mol. The smallest absolute Gasteiger partial charge is 0.142 e. The van der Waals surface area contributed by atoms with Crippen LogP contribution in [0.25, 0.3) is 11.1 Å².